The van der Waals surface area contributed by atoms with Gasteiger partial charge in [0.05, 0.1) is 17.2 Å². The molecule has 0 spiro atoms. The summed E-state index contributed by atoms with van der Waals surface area (Å²) in [5, 5.41) is 7.42. The van der Waals surface area contributed by atoms with E-state index in [1.165, 1.54) is 20.0 Å². The molecule has 1 aliphatic rings. The molecule has 0 aliphatic carbocycles. The molecule has 3 aromatic rings. The van der Waals surface area contributed by atoms with E-state index >= 15 is 4.39 Å². The minimum Gasteiger partial charge on any atom is -0.369 e. The van der Waals surface area contributed by atoms with Crippen molar-refractivity contribution in [3.63, 3.8) is 0 Å². The van der Waals surface area contributed by atoms with Crippen molar-refractivity contribution in [2.45, 2.75) is 51.2 Å². The summed E-state index contributed by atoms with van der Waals surface area (Å²) < 4.78 is 55.5. The van der Waals surface area contributed by atoms with Gasteiger partial charge in [0.2, 0.25) is 0 Å². The molecule has 36 heavy (non-hydrogen) atoms. The smallest absolute Gasteiger partial charge is 0.156 e. The van der Waals surface area contributed by atoms with Crippen LogP contribution in [0.5, 0.6) is 0 Å². The monoisotopic (exact) mass is 517 g/mol. The Morgan fingerprint density at radius 1 is 1.03 bits per heavy atom. The lowest BCUT2D eigenvalue weighted by atomic mass is 10.0. The van der Waals surface area contributed by atoms with Crippen LogP contribution in [0.4, 0.5) is 14.5 Å². The molecule has 194 valence electrons. The summed E-state index contributed by atoms with van der Waals surface area (Å²) >= 11 is 0. The number of nitrogens with zero attached hydrogens (tertiary/aromatic N) is 5. The maximum absolute atomic E-state index is 15.2. The summed E-state index contributed by atoms with van der Waals surface area (Å²) in [6, 6.07) is 10.1. The molecule has 0 amide bonds. The summed E-state index contributed by atoms with van der Waals surface area (Å²) in [4.78, 5) is 4.77. The molecular formula is C26H33F2N5O2S. The second-order valence-electron chi connectivity index (χ2n) is 10.5. The first-order chi connectivity index (χ1) is 16.9. The van der Waals surface area contributed by atoms with E-state index in [1.807, 2.05) is 24.3 Å². The average molecular weight is 518 g/mol. The minimum absolute atomic E-state index is 0.103. The standard InChI is InChI=1S/C26H33F2N5O2S/c1-18(2)36(34,35)17-20-9-10-22(27)25(24(20)28)33-16-23(29-30-33)19-7-6-8-21(15-19)31-11-13-32(14-12-31)26(3,4)5/h6-10,15-16,18H,11-14,17H2,1-5H3. The van der Waals surface area contributed by atoms with Gasteiger partial charge in [-0.05, 0) is 52.8 Å². The third-order valence-corrected chi connectivity index (χ3v) is 8.83. The van der Waals surface area contributed by atoms with Gasteiger partial charge in [-0.3, -0.25) is 4.90 Å². The van der Waals surface area contributed by atoms with Crippen LogP contribution in [0.1, 0.15) is 40.2 Å². The van der Waals surface area contributed by atoms with Crippen LogP contribution in [0.3, 0.4) is 0 Å². The third kappa shape index (κ3) is 5.44. The first kappa shape index (κ1) is 26.2. The van der Waals surface area contributed by atoms with Crippen molar-refractivity contribution in [3.8, 4) is 16.9 Å². The van der Waals surface area contributed by atoms with Crippen LogP contribution in [-0.4, -0.2) is 65.3 Å². The molecule has 0 saturated carbocycles. The summed E-state index contributed by atoms with van der Waals surface area (Å²) in [6.07, 6.45) is 1.46. The van der Waals surface area contributed by atoms with Gasteiger partial charge < -0.3 is 4.90 Å². The maximum Gasteiger partial charge on any atom is 0.156 e. The molecule has 1 saturated heterocycles. The first-order valence-electron chi connectivity index (χ1n) is 12.1. The molecule has 0 atom stereocenters. The van der Waals surface area contributed by atoms with Gasteiger partial charge in [-0.15, -0.1) is 5.10 Å². The highest BCUT2D eigenvalue weighted by Crippen LogP contribution is 2.28. The largest absolute Gasteiger partial charge is 0.369 e. The third-order valence-electron chi connectivity index (χ3n) is 6.68. The van der Waals surface area contributed by atoms with E-state index in [0.717, 1.165) is 54.2 Å². The van der Waals surface area contributed by atoms with Gasteiger partial charge in [0, 0.05) is 48.5 Å². The summed E-state index contributed by atoms with van der Waals surface area (Å²) in [7, 11) is -3.57. The topological polar surface area (TPSA) is 71.3 Å². The molecule has 0 N–H and O–H groups in total. The quantitative estimate of drug-likeness (QED) is 0.481. The predicted octanol–water partition coefficient (Wildman–Crippen LogP) is 4.46. The Kier molecular flexibility index (Phi) is 7.21. The van der Waals surface area contributed by atoms with Gasteiger partial charge >= 0.3 is 0 Å². The molecule has 4 rings (SSSR count). The fourth-order valence-corrected chi connectivity index (χ4v) is 5.28. The zero-order valence-electron chi connectivity index (χ0n) is 21.4. The number of benzene rings is 2. The number of anilines is 1. The van der Waals surface area contributed by atoms with E-state index in [4.69, 9.17) is 0 Å². The fourth-order valence-electron chi connectivity index (χ4n) is 4.29. The Morgan fingerprint density at radius 3 is 2.36 bits per heavy atom. The number of aromatic nitrogens is 3. The van der Waals surface area contributed by atoms with Crippen molar-refractivity contribution in [3.05, 3.63) is 59.8 Å². The lowest BCUT2D eigenvalue weighted by Gasteiger charge is -2.43. The molecule has 0 unspecified atom stereocenters. The summed E-state index contributed by atoms with van der Waals surface area (Å²) in [5.41, 5.74) is 1.87. The second-order valence-corrected chi connectivity index (χ2v) is 13.0. The Labute approximate surface area is 211 Å². The lowest BCUT2D eigenvalue weighted by Crippen LogP contribution is -2.53. The number of piperazine rings is 1. The van der Waals surface area contributed by atoms with Crippen molar-refractivity contribution in [2.24, 2.45) is 0 Å². The van der Waals surface area contributed by atoms with E-state index in [9.17, 15) is 12.8 Å². The zero-order valence-corrected chi connectivity index (χ0v) is 22.2. The van der Waals surface area contributed by atoms with E-state index in [0.29, 0.717) is 5.69 Å². The van der Waals surface area contributed by atoms with Crippen molar-refractivity contribution in [1.82, 2.24) is 19.9 Å². The van der Waals surface area contributed by atoms with Gasteiger partial charge in [0.1, 0.15) is 11.4 Å². The highest BCUT2D eigenvalue weighted by molar-refractivity contribution is 7.91. The van der Waals surface area contributed by atoms with Crippen molar-refractivity contribution >= 4 is 15.5 Å². The van der Waals surface area contributed by atoms with Crippen LogP contribution in [0.25, 0.3) is 16.9 Å². The highest BCUT2D eigenvalue weighted by atomic mass is 32.2. The van der Waals surface area contributed by atoms with Crippen molar-refractivity contribution in [2.75, 3.05) is 31.1 Å². The van der Waals surface area contributed by atoms with E-state index in [-0.39, 0.29) is 11.1 Å². The molecule has 2 heterocycles. The number of hydrogen-bond donors (Lipinski definition) is 0. The molecule has 1 aromatic heterocycles. The molecular weight excluding hydrogens is 484 g/mol. The van der Waals surface area contributed by atoms with Crippen molar-refractivity contribution < 1.29 is 17.2 Å². The molecule has 1 fully saturated rings. The fraction of sp³-hybridized carbons (Fsp3) is 0.462. The van der Waals surface area contributed by atoms with Crippen LogP contribution in [0, 0.1) is 11.6 Å². The highest BCUT2D eigenvalue weighted by Gasteiger charge is 2.26. The van der Waals surface area contributed by atoms with Crippen LogP contribution in [0.2, 0.25) is 0 Å². The normalized spacial score (nSPS) is 15.6. The Bertz CT molecular complexity index is 1340. The lowest BCUT2D eigenvalue weighted by molar-refractivity contribution is 0.128. The van der Waals surface area contributed by atoms with Gasteiger partial charge in [-0.2, -0.15) is 0 Å². The molecule has 2 aromatic carbocycles. The van der Waals surface area contributed by atoms with Crippen molar-refractivity contribution in [1.29, 1.82) is 0 Å². The average Bonchev–Trinajstić information content (AvgIpc) is 3.30. The Morgan fingerprint density at radius 2 is 1.72 bits per heavy atom. The number of rotatable bonds is 6. The molecule has 1 aliphatic heterocycles. The number of hydrogen-bond acceptors (Lipinski definition) is 6. The minimum atomic E-state index is -3.57. The van der Waals surface area contributed by atoms with Gasteiger partial charge in [0.25, 0.3) is 0 Å². The maximum atomic E-state index is 15.2. The SMILES string of the molecule is CC(C)S(=O)(=O)Cc1ccc(F)c(-n2cc(-c3cccc(N4CCN(C(C)(C)C)CC4)c3)nn2)c1F. The van der Waals surface area contributed by atoms with E-state index < -0.39 is 38.2 Å². The van der Waals surface area contributed by atoms with Crippen LogP contribution in [-0.2, 0) is 15.6 Å². The van der Waals surface area contributed by atoms with Crippen LogP contribution >= 0.6 is 0 Å². The van der Waals surface area contributed by atoms with Crippen LogP contribution in [0.15, 0.2) is 42.6 Å². The van der Waals surface area contributed by atoms with Gasteiger partial charge in [-0.1, -0.05) is 23.4 Å². The molecule has 10 heteroatoms. The number of sulfone groups is 1. The second kappa shape index (κ2) is 9.89. The summed E-state index contributed by atoms with van der Waals surface area (Å²) in [6.45, 7) is 13.4. The van der Waals surface area contributed by atoms with E-state index in [1.54, 1.807) is 0 Å². The number of halogens is 2. The van der Waals surface area contributed by atoms with Crippen LogP contribution < -0.4 is 4.90 Å². The van der Waals surface area contributed by atoms with E-state index in [2.05, 4.69) is 40.9 Å². The molecule has 7 nitrogen and oxygen atoms in total. The summed E-state index contributed by atoms with van der Waals surface area (Å²) in [5.74, 6) is -2.32. The predicted molar refractivity (Wildman–Crippen MR) is 138 cm³/mol. The van der Waals surface area contributed by atoms with Gasteiger partial charge in [-0.25, -0.2) is 21.9 Å². The Balaban J connectivity index is 1.59. The zero-order chi connectivity index (χ0) is 26.3. The molecule has 0 radical (unpaired) electrons. The first-order valence-corrected chi connectivity index (χ1v) is 13.8. The molecule has 0 bridgehead atoms. The van der Waals surface area contributed by atoms with Gasteiger partial charge in [0.15, 0.2) is 21.5 Å². The Hall–Kier alpha value is -2.85.